The Balaban J connectivity index is 0.805. The maximum atomic E-state index is 2.50. The fourth-order valence-electron chi connectivity index (χ4n) is 12.0. The first-order chi connectivity index (χ1) is 43.4. The van der Waals surface area contributed by atoms with Crippen molar-refractivity contribution < 1.29 is 0 Å². The standard InChI is InChI=1S/C78H78S10/c1-5-9-13-17-21-57-29-33-65(79-57)69-39-37-63(83-69)61-49-75(87-77(61)73-43-41-71(85-73)67-35-31-59(81-67)23-19-15-11-7-3)53-27-25-51-46-56-48-54(28-26-52(56)45-55(51)47-53)76-50-62(64-38-40-70(84-64)66-34-30-58(80-66)22-18-14-10-6-2)78(88-76)74-44-42-72(86-74)68-36-32-60(82-68)24-20-16-12-8-4/h25-50H,5-24H2,1-4H3. The second-order valence-electron chi connectivity index (χ2n) is 23.6. The molecule has 0 N–H and O–H groups in total. The molecule has 0 aliphatic rings. The Bertz CT molecular complexity index is 3890. The van der Waals surface area contributed by atoms with Gasteiger partial charge in [0, 0.05) is 98.9 Å². The van der Waals surface area contributed by atoms with E-state index < -0.39 is 0 Å². The molecule has 0 aliphatic carbocycles. The zero-order valence-corrected chi connectivity index (χ0v) is 59.4. The number of thiophene rings is 10. The van der Waals surface area contributed by atoms with Gasteiger partial charge in [0.2, 0.25) is 0 Å². The summed E-state index contributed by atoms with van der Waals surface area (Å²) in [5.41, 5.74) is 5.26. The van der Waals surface area contributed by atoms with E-state index in [2.05, 4.69) is 185 Å². The third kappa shape index (κ3) is 14.6. The van der Waals surface area contributed by atoms with Gasteiger partial charge in [-0.3, -0.25) is 0 Å². The lowest BCUT2D eigenvalue weighted by Crippen LogP contribution is -1.80. The van der Waals surface area contributed by atoms with E-state index in [-0.39, 0.29) is 0 Å². The molecule has 0 saturated carbocycles. The van der Waals surface area contributed by atoms with Gasteiger partial charge >= 0.3 is 0 Å². The molecule has 13 rings (SSSR count). The maximum absolute atomic E-state index is 2.50. The molecule has 0 radical (unpaired) electrons. The zero-order chi connectivity index (χ0) is 59.8. The molecule has 0 nitrogen and oxygen atoms in total. The molecule has 0 aliphatic heterocycles. The number of aryl methyl sites for hydroxylation is 4. The van der Waals surface area contributed by atoms with Crippen molar-refractivity contribution in [2.45, 2.75) is 156 Å². The first-order valence-corrected chi connectivity index (χ1v) is 40.6. The molecule has 0 unspecified atom stereocenters. The molecule has 0 atom stereocenters. The number of rotatable bonds is 30. The molecule has 3 aromatic carbocycles. The Hall–Kier alpha value is -4.82. The van der Waals surface area contributed by atoms with Gasteiger partial charge in [-0.05, 0) is 217 Å². The fraction of sp³-hybridized carbons (Fsp3) is 0.308. The first-order valence-electron chi connectivity index (χ1n) is 32.4. The highest BCUT2D eigenvalue weighted by Crippen LogP contribution is 2.53. The van der Waals surface area contributed by atoms with Crippen molar-refractivity contribution in [3.05, 3.63) is 177 Å². The van der Waals surface area contributed by atoms with E-state index in [4.69, 9.17) is 0 Å². The minimum atomic E-state index is 1.19. The van der Waals surface area contributed by atoms with Crippen LogP contribution in [0.2, 0.25) is 0 Å². The summed E-state index contributed by atoms with van der Waals surface area (Å²) in [6, 6.07) is 62.2. The molecule has 88 heavy (non-hydrogen) atoms. The SMILES string of the molecule is CCCCCCc1ccc(-c2ccc(-c3cc(-c4ccc5cc6cc(-c7cc(-c8ccc(-c9ccc(CCCCCC)s9)s8)c(-c8ccc(-c9ccc(CCCCCC)s9)s8)s7)ccc6cc5c4)sc3-c3ccc(-c4ccc(CCCCCC)s4)s3)s2)s1. The normalized spacial score (nSPS) is 11.9. The van der Waals surface area contributed by atoms with Crippen LogP contribution >= 0.6 is 113 Å². The highest BCUT2D eigenvalue weighted by molar-refractivity contribution is 7.29. The third-order valence-corrected chi connectivity index (χ3v) is 29.5. The van der Waals surface area contributed by atoms with Crippen molar-refractivity contribution in [1.82, 2.24) is 0 Å². The van der Waals surface area contributed by atoms with E-state index in [9.17, 15) is 0 Å². The molecule has 10 heteroatoms. The summed E-state index contributed by atoms with van der Waals surface area (Å²) in [6.07, 6.45) is 25.6. The minimum absolute atomic E-state index is 1.19. The number of hydrogen-bond donors (Lipinski definition) is 0. The monoisotopic (exact) mass is 1330 g/mol. The predicted molar refractivity (Wildman–Crippen MR) is 406 cm³/mol. The number of benzene rings is 3. The molecular weight excluding hydrogens is 1260 g/mol. The van der Waals surface area contributed by atoms with Gasteiger partial charge in [0.25, 0.3) is 0 Å². The molecule has 0 amide bonds. The molecule has 10 aromatic heterocycles. The average molecular weight is 1340 g/mol. The number of unbranched alkanes of at least 4 members (excludes halogenated alkanes) is 12. The van der Waals surface area contributed by atoms with Gasteiger partial charge in [-0.1, -0.05) is 129 Å². The third-order valence-electron chi connectivity index (χ3n) is 17.0. The van der Waals surface area contributed by atoms with E-state index in [1.807, 2.05) is 113 Å². The van der Waals surface area contributed by atoms with E-state index in [1.165, 1.54) is 270 Å². The second kappa shape index (κ2) is 29.6. The summed E-state index contributed by atoms with van der Waals surface area (Å²) < 4.78 is 0. The molecule has 450 valence electrons. The van der Waals surface area contributed by atoms with Crippen molar-refractivity contribution in [2.75, 3.05) is 0 Å². The van der Waals surface area contributed by atoms with Crippen molar-refractivity contribution >= 4 is 135 Å². The van der Waals surface area contributed by atoms with Crippen LogP contribution in [0.25, 0.3) is 122 Å². The van der Waals surface area contributed by atoms with Crippen LogP contribution in [-0.2, 0) is 25.7 Å². The van der Waals surface area contributed by atoms with E-state index in [0.29, 0.717) is 0 Å². The second-order valence-corrected chi connectivity index (χ2v) is 34.8. The largest absolute Gasteiger partial charge is 0.139 e. The van der Waals surface area contributed by atoms with Gasteiger partial charge in [0.15, 0.2) is 0 Å². The van der Waals surface area contributed by atoms with Crippen molar-refractivity contribution in [3.8, 4) is 100 Å². The maximum Gasteiger partial charge on any atom is 0.0535 e. The lowest BCUT2D eigenvalue weighted by molar-refractivity contribution is 0.670. The van der Waals surface area contributed by atoms with Crippen LogP contribution in [0.5, 0.6) is 0 Å². The Labute approximate surface area is 563 Å². The molecule has 0 saturated heterocycles. The Kier molecular flexibility index (Phi) is 20.9. The van der Waals surface area contributed by atoms with Gasteiger partial charge in [-0.15, -0.1) is 113 Å². The molecule has 0 fully saturated rings. The van der Waals surface area contributed by atoms with Crippen LogP contribution in [-0.4, -0.2) is 0 Å². The highest BCUT2D eigenvalue weighted by Gasteiger charge is 2.22. The minimum Gasteiger partial charge on any atom is -0.139 e. The van der Waals surface area contributed by atoms with Crippen LogP contribution in [0.1, 0.15) is 150 Å². The molecular formula is C78H78S10. The van der Waals surface area contributed by atoms with Crippen molar-refractivity contribution in [3.63, 3.8) is 0 Å². The summed E-state index contributed by atoms with van der Waals surface area (Å²) in [6.45, 7) is 9.19. The number of fused-ring (bicyclic) bond motifs is 2. The lowest BCUT2D eigenvalue weighted by atomic mass is 9.99. The lowest BCUT2D eigenvalue weighted by Gasteiger charge is -2.07. The molecule has 10 heterocycles. The van der Waals surface area contributed by atoms with Crippen LogP contribution in [0.3, 0.4) is 0 Å². The average Bonchev–Trinajstić information content (AvgIpc) is 2.31. The van der Waals surface area contributed by atoms with Crippen LogP contribution < -0.4 is 0 Å². The van der Waals surface area contributed by atoms with E-state index in [0.717, 1.165) is 0 Å². The quantitative estimate of drug-likeness (QED) is 0.0311. The van der Waals surface area contributed by atoms with Crippen molar-refractivity contribution in [2.24, 2.45) is 0 Å². The summed E-state index contributed by atoms with van der Waals surface area (Å²) in [7, 11) is 0. The number of hydrogen-bond acceptors (Lipinski definition) is 10. The van der Waals surface area contributed by atoms with E-state index in [1.54, 1.807) is 0 Å². The van der Waals surface area contributed by atoms with Gasteiger partial charge in [-0.25, -0.2) is 0 Å². The van der Waals surface area contributed by atoms with Gasteiger partial charge in [0.1, 0.15) is 0 Å². The van der Waals surface area contributed by atoms with Gasteiger partial charge in [0.05, 0.1) is 9.75 Å². The highest BCUT2D eigenvalue weighted by atomic mass is 32.1. The topological polar surface area (TPSA) is 0 Å². The fourth-order valence-corrected chi connectivity index (χ4v) is 23.3. The summed E-state index contributed by atoms with van der Waals surface area (Å²) in [5, 5.41) is 5.11. The predicted octanol–water partition coefficient (Wildman–Crippen LogP) is 29.8. The van der Waals surface area contributed by atoms with Crippen LogP contribution in [0.15, 0.2) is 158 Å². The Morgan fingerprint density at radius 3 is 0.818 bits per heavy atom. The zero-order valence-electron chi connectivity index (χ0n) is 51.2. The summed E-state index contributed by atoms with van der Waals surface area (Å²) in [4.78, 5) is 27.9. The van der Waals surface area contributed by atoms with Gasteiger partial charge < -0.3 is 0 Å². The summed E-state index contributed by atoms with van der Waals surface area (Å²) >= 11 is 19.7. The van der Waals surface area contributed by atoms with Crippen molar-refractivity contribution in [1.29, 1.82) is 0 Å². The van der Waals surface area contributed by atoms with E-state index >= 15 is 0 Å². The Morgan fingerprint density at radius 2 is 0.489 bits per heavy atom. The summed E-state index contributed by atoms with van der Waals surface area (Å²) in [5.74, 6) is 0. The molecule has 0 bridgehead atoms. The smallest absolute Gasteiger partial charge is 0.0535 e. The Morgan fingerprint density at radius 1 is 0.205 bits per heavy atom. The first kappa shape index (κ1) is 62.0. The van der Waals surface area contributed by atoms with Crippen LogP contribution in [0, 0.1) is 0 Å². The molecule has 0 spiro atoms. The molecule has 13 aromatic rings. The van der Waals surface area contributed by atoms with Crippen LogP contribution in [0.4, 0.5) is 0 Å². The van der Waals surface area contributed by atoms with Gasteiger partial charge in [-0.2, -0.15) is 0 Å².